The molecule has 1 aromatic heterocycles. The van der Waals surface area contributed by atoms with E-state index in [-0.39, 0.29) is 29.4 Å². The fourth-order valence-electron chi connectivity index (χ4n) is 3.16. The fourth-order valence-corrected chi connectivity index (χ4v) is 3.40. The first-order chi connectivity index (χ1) is 16.6. The van der Waals surface area contributed by atoms with Crippen LogP contribution < -0.4 is 15.8 Å². The average molecular weight is 513 g/mol. The van der Waals surface area contributed by atoms with Gasteiger partial charge in [-0.3, -0.25) is 14.6 Å². The molecule has 12 heteroatoms. The first-order valence-corrected chi connectivity index (χ1v) is 10.8. The number of carbonyl (C=O) groups excluding carboxylic acids is 2. The number of aliphatic hydroxyl groups excluding tert-OH is 1. The number of benzene rings is 1. The molecule has 2 aromatic rings. The Morgan fingerprint density at radius 2 is 2.03 bits per heavy atom. The molecule has 1 saturated heterocycles. The second-order valence-corrected chi connectivity index (χ2v) is 7.98. The Bertz CT molecular complexity index is 1040. The topological polar surface area (TPSA) is 127 Å². The molecule has 2 amide bonds. The van der Waals surface area contributed by atoms with Gasteiger partial charge in [0.15, 0.2) is 6.10 Å². The van der Waals surface area contributed by atoms with Gasteiger partial charge in [0.1, 0.15) is 11.8 Å². The molecule has 1 unspecified atom stereocenters. The van der Waals surface area contributed by atoms with Crippen LogP contribution in [0.3, 0.4) is 0 Å². The molecule has 1 aliphatic rings. The van der Waals surface area contributed by atoms with Crippen LogP contribution in [0.5, 0.6) is 5.75 Å². The predicted molar refractivity (Wildman–Crippen MR) is 125 cm³/mol. The van der Waals surface area contributed by atoms with Crippen LogP contribution in [-0.2, 0) is 20.9 Å². The van der Waals surface area contributed by atoms with Gasteiger partial charge >= 0.3 is 6.61 Å². The minimum absolute atomic E-state index is 0.0146. The second kappa shape index (κ2) is 13.0. The van der Waals surface area contributed by atoms with Crippen LogP contribution in [-0.4, -0.2) is 60.2 Å². The third-order valence-corrected chi connectivity index (χ3v) is 5.11. The zero-order chi connectivity index (χ0) is 26.1. The largest absolute Gasteiger partial charge is 0.435 e. The van der Waals surface area contributed by atoms with Gasteiger partial charge in [-0.15, -0.1) is 0 Å². The van der Waals surface area contributed by atoms with Crippen molar-refractivity contribution in [1.82, 2.24) is 15.2 Å². The quantitative estimate of drug-likeness (QED) is 0.496. The van der Waals surface area contributed by atoms with Gasteiger partial charge < -0.3 is 30.5 Å². The van der Waals surface area contributed by atoms with Gasteiger partial charge in [0.05, 0.1) is 11.4 Å². The number of aromatic nitrogens is 1. The van der Waals surface area contributed by atoms with Crippen LogP contribution in [0.1, 0.15) is 29.3 Å². The summed E-state index contributed by atoms with van der Waals surface area (Å²) in [7, 11) is 3.25. The molecular formula is C23H27ClF2N4O5. The number of likely N-dealkylation sites (tertiary alicyclic amines) is 1. The first-order valence-electron chi connectivity index (χ1n) is 10.4. The van der Waals surface area contributed by atoms with E-state index >= 15 is 0 Å². The highest BCUT2D eigenvalue weighted by atomic mass is 35.5. The van der Waals surface area contributed by atoms with Crippen LogP contribution >= 0.6 is 11.6 Å². The van der Waals surface area contributed by atoms with Crippen LogP contribution in [0.15, 0.2) is 43.1 Å². The summed E-state index contributed by atoms with van der Waals surface area (Å²) in [4.78, 5) is 30.5. The van der Waals surface area contributed by atoms with E-state index in [2.05, 4.69) is 26.4 Å². The molecule has 4 N–H and O–H groups in total. The summed E-state index contributed by atoms with van der Waals surface area (Å²) in [5, 5.41) is 13.2. The summed E-state index contributed by atoms with van der Waals surface area (Å²) < 4.78 is 33.5. The number of nitrogens with two attached hydrogens (primary N) is 1. The molecule has 1 aromatic carbocycles. The Balaban J connectivity index is 0.00000137. The Morgan fingerprint density at radius 3 is 2.54 bits per heavy atom. The van der Waals surface area contributed by atoms with Crippen molar-refractivity contribution >= 4 is 29.1 Å². The van der Waals surface area contributed by atoms with Crippen LogP contribution in [0.25, 0.3) is 5.70 Å². The molecular weight excluding hydrogens is 486 g/mol. The molecule has 2 atom stereocenters. The third-order valence-electron chi connectivity index (χ3n) is 4.89. The van der Waals surface area contributed by atoms with Gasteiger partial charge in [-0.05, 0) is 41.8 Å². The maximum absolute atomic E-state index is 12.7. The highest BCUT2D eigenvalue weighted by Gasteiger charge is 2.40. The minimum Gasteiger partial charge on any atom is -0.435 e. The van der Waals surface area contributed by atoms with E-state index in [1.165, 1.54) is 11.0 Å². The first kappa shape index (κ1) is 28.0. The number of hydrogen-bond donors (Lipinski definition) is 3. The van der Waals surface area contributed by atoms with Crippen LogP contribution in [0.4, 0.5) is 8.78 Å². The van der Waals surface area contributed by atoms with Crippen LogP contribution in [0.2, 0.25) is 5.02 Å². The zero-order valence-electron chi connectivity index (χ0n) is 19.2. The zero-order valence-corrected chi connectivity index (χ0v) is 20.0. The molecule has 0 saturated carbocycles. The molecule has 0 aliphatic carbocycles. The molecule has 1 fully saturated rings. The molecule has 2 heterocycles. The van der Waals surface area contributed by atoms with Crippen molar-refractivity contribution in [2.75, 3.05) is 20.8 Å². The third kappa shape index (κ3) is 7.88. The van der Waals surface area contributed by atoms with Gasteiger partial charge in [0, 0.05) is 38.5 Å². The summed E-state index contributed by atoms with van der Waals surface area (Å²) in [6.07, 6.45) is 0.286. The molecule has 190 valence electrons. The molecule has 3 rings (SSSR count). The fraction of sp³-hybridized carbons (Fsp3) is 0.348. The number of hydrogen-bond acceptors (Lipinski definition) is 7. The van der Waals surface area contributed by atoms with Gasteiger partial charge in [-0.1, -0.05) is 24.2 Å². The maximum atomic E-state index is 12.7. The lowest BCUT2D eigenvalue weighted by atomic mass is 9.98. The maximum Gasteiger partial charge on any atom is 0.387 e. The lowest BCUT2D eigenvalue weighted by Crippen LogP contribution is -2.59. The van der Waals surface area contributed by atoms with Gasteiger partial charge in [-0.25, -0.2) is 0 Å². The average Bonchev–Trinajstić information content (AvgIpc) is 2.76. The number of alkyl halides is 2. The molecule has 0 spiro atoms. The number of aliphatic hydroxyl groups is 1. The number of rotatable bonds is 8. The van der Waals surface area contributed by atoms with E-state index in [0.717, 1.165) is 17.7 Å². The van der Waals surface area contributed by atoms with E-state index in [1.54, 1.807) is 32.5 Å². The van der Waals surface area contributed by atoms with E-state index in [1.807, 2.05) is 0 Å². The smallest absolute Gasteiger partial charge is 0.387 e. The molecule has 9 nitrogen and oxygen atoms in total. The summed E-state index contributed by atoms with van der Waals surface area (Å²) in [5.41, 5.74) is 7.14. The van der Waals surface area contributed by atoms with Crippen LogP contribution in [0, 0.1) is 0 Å². The van der Waals surface area contributed by atoms with Crippen molar-refractivity contribution in [2.24, 2.45) is 5.73 Å². The van der Waals surface area contributed by atoms with Gasteiger partial charge in [0.25, 0.3) is 5.91 Å². The molecule has 0 radical (unpaired) electrons. The summed E-state index contributed by atoms with van der Waals surface area (Å²) in [6.45, 7) is 0.964. The minimum atomic E-state index is -3.09. The summed E-state index contributed by atoms with van der Waals surface area (Å²) >= 11 is 5.87. The van der Waals surface area contributed by atoms with Crippen molar-refractivity contribution < 1.29 is 33.0 Å². The van der Waals surface area contributed by atoms with E-state index in [4.69, 9.17) is 17.3 Å². The number of methoxy groups -OCH3 is 1. The Hall–Kier alpha value is -3.28. The second-order valence-electron chi connectivity index (χ2n) is 7.54. The van der Waals surface area contributed by atoms with E-state index in [0.29, 0.717) is 17.8 Å². The van der Waals surface area contributed by atoms with Crippen molar-refractivity contribution in [1.29, 1.82) is 0 Å². The molecule has 0 bridgehead atoms. The van der Waals surface area contributed by atoms with Crippen molar-refractivity contribution in [3.05, 3.63) is 65.0 Å². The summed E-state index contributed by atoms with van der Waals surface area (Å²) in [6, 6.07) is 6.16. The predicted octanol–water partition coefficient (Wildman–Crippen LogP) is 2.48. The molecule has 35 heavy (non-hydrogen) atoms. The summed E-state index contributed by atoms with van der Waals surface area (Å²) in [5.74, 6) is -1.42. The number of pyridine rings is 1. The monoisotopic (exact) mass is 512 g/mol. The SMILES string of the molecule is C=C(N)c1ccc(CNC(=O)[C@@H]2CCN2C(=O)C(O)c2cc(Cl)cc(OC(F)F)c2)cn1.COC. The Morgan fingerprint density at radius 1 is 1.34 bits per heavy atom. The number of amides is 2. The van der Waals surface area contributed by atoms with Gasteiger partial charge in [-0.2, -0.15) is 8.78 Å². The normalized spacial score (nSPS) is 15.4. The standard InChI is InChI=1S/C21H21ClF2N4O4.C2H6O/c1-11(25)16-3-2-12(9-26-16)10-27-19(30)17-4-5-28(17)20(31)18(29)13-6-14(22)8-15(7-13)32-21(23)24;1-3-2/h2-3,6-9,17-18,21,29H,1,4-5,10,25H2,(H,27,30);1-2H3/t17-,18?;/m0./s1. The van der Waals surface area contributed by atoms with E-state index in [9.17, 15) is 23.5 Å². The molecule has 1 aliphatic heterocycles. The number of nitrogens with one attached hydrogen (secondary N) is 1. The Labute approximate surface area is 206 Å². The number of halogens is 3. The number of carbonyl (C=O) groups is 2. The highest BCUT2D eigenvalue weighted by molar-refractivity contribution is 6.30. The van der Waals surface area contributed by atoms with E-state index < -0.39 is 30.6 Å². The lowest BCUT2D eigenvalue weighted by molar-refractivity contribution is -0.154. The van der Waals surface area contributed by atoms with Crippen molar-refractivity contribution in [3.8, 4) is 5.75 Å². The number of ether oxygens (including phenoxy) is 2. The number of nitrogens with zero attached hydrogens (tertiary/aromatic N) is 2. The van der Waals surface area contributed by atoms with Crippen molar-refractivity contribution in [3.63, 3.8) is 0 Å². The Kier molecular flexibility index (Phi) is 10.4. The van der Waals surface area contributed by atoms with Crippen molar-refractivity contribution in [2.45, 2.75) is 31.7 Å². The lowest BCUT2D eigenvalue weighted by Gasteiger charge is -2.40. The highest BCUT2D eigenvalue weighted by Crippen LogP contribution is 2.29. The van der Waals surface area contributed by atoms with Gasteiger partial charge in [0.2, 0.25) is 5.91 Å².